The highest BCUT2D eigenvalue weighted by molar-refractivity contribution is 7.99. The van der Waals surface area contributed by atoms with Crippen molar-refractivity contribution in [3.63, 3.8) is 0 Å². The van der Waals surface area contributed by atoms with E-state index in [0.717, 1.165) is 36.8 Å². The van der Waals surface area contributed by atoms with Crippen molar-refractivity contribution in [2.75, 3.05) is 5.32 Å². The minimum absolute atomic E-state index is 0.101. The van der Waals surface area contributed by atoms with Crippen LogP contribution in [0, 0.1) is 5.82 Å². The number of urea groups is 1. The third-order valence-corrected chi connectivity index (χ3v) is 7.51. The number of ether oxygens (including phenoxy) is 1. The van der Waals surface area contributed by atoms with Gasteiger partial charge in [0, 0.05) is 16.0 Å². The highest BCUT2D eigenvalue weighted by Crippen LogP contribution is 2.41. The molecule has 1 aromatic heterocycles. The molecule has 10 heteroatoms. The lowest BCUT2D eigenvalue weighted by molar-refractivity contribution is 0.248. The molecule has 2 heterocycles. The van der Waals surface area contributed by atoms with Gasteiger partial charge in [0.15, 0.2) is 0 Å². The smallest absolute Gasteiger partial charge is 0.330 e. The summed E-state index contributed by atoms with van der Waals surface area (Å²) in [6, 6.07) is -0.670. The van der Waals surface area contributed by atoms with E-state index in [1.54, 1.807) is 4.68 Å². The van der Waals surface area contributed by atoms with Gasteiger partial charge in [0.2, 0.25) is 5.88 Å². The lowest BCUT2D eigenvalue weighted by Gasteiger charge is -2.22. The van der Waals surface area contributed by atoms with Crippen LogP contribution in [0.5, 0.6) is 5.88 Å². The van der Waals surface area contributed by atoms with Crippen LogP contribution < -0.4 is 19.9 Å². The fourth-order valence-corrected chi connectivity index (χ4v) is 5.86. The van der Waals surface area contributed by atoms with Gasteiger partial charge in [-0.25, -0.2) is 18.1 Å². The summed E-state index contributed by atoms with van der Waals surface area (Å²) in [6.45, 7) is 2.41. The molecule has 0 fully saturated rings. The van der Waals surface area contributed by atoms with E-state index in [-0.39, 0.29) is 16.8 Å². The predicted molar refractivity (Wildman–Crippen MR) is 107 cm³/mol. The number of nitrogens with zero attached hydrogens (tertiary/aromatic N) is 2. The number of nitrogens with two attached hydrogens (primary N) is 1. The Labute approximate surface area is 168 Å². The minimum Gasteiger partial charge on any atom is -0.472 e. The summed E-state index contributed by atoms with van der Waals surface area (Å²) in [6.07, 6.45) is 5.79. The fourth-order valence-electron chi connectivity index (χ4n) is 4.71. The van der Waals surface area contributed by atoms with Gasteiger partial charge in [0.05, 0.1) is 12.7 Å². The van der Waals surface area contributed by atoms with Gasteiger partial charge in [-0.2, -0.15) is 5.10 Å². The van der Waals surface area contributed by atoms with Gasteiger partial charge in [-0.05, 0) is 67.7 Å². The van der Waals surface area contributed by atoms with Crippen molar-refractivity contribution in [2.45, 2.75) is 63.0 Å². The molecule has 0 unspecified atom stereocenters. The van der Waals surface area contributed by atoms with Crippen LogP contribution in [0.15, 0.2) is 11.1 Å². The van der Waals surface area contributed by atoms with Gasteiger partial charge in [-0.15, -0.1) is 0 Å². The summed E-state index contributed by atoms with van der Waals surface area (Å²) in [5.74, 6) is 0.217. The Balaban J connectivity index is 1.42. The Kier molecular flexibility index (Phi) is 4.18. The molecule has 2 amide bonds. The molecule has 156 valence electrons. The van der Waals surface area contributed by atoms with E-state index in [9.17, 15) is 13.4 Å². The normalized spacial score (nSPS) is 20.0. The second kappa shape index (κ2) is 6.53. The standard InChI is InChI=1S/C19H24FN5O3S/c1-10-9-25-18(28-10)15(8-22-25)29(21,27)24-19(26)23-17-13-6-2-4-11(13)16(20)12-5-3-7-14(12)17/h8,10,29H,2-7,9H2,1H3,(H4,21,23,24,26,27)/t10-/m0/s1. The first-order valence-electron chi connectivity index (χ1n) is 9.91. The molecular formula is C19H24FN5O3S. The Hall–Kier alpha value is -2.46. The molecule has 0 radical (unpaired) electrons. The van der Waals surface area contributed by atoms with E-state index in [4.69, 9.17) is 9.88 Å². The van der Waals surface area contributed by atoms with Crippen molar-refractivity contribution < 1.29 is 18.1 Å². The molecule has 3 aliphatic rings. The number of benzene rings is 1. The summed E-state index contributed by atoms with van der Waals surface area (Å²) in [5, 5.41) is 13.0. The highest BCUT2D eigenvalue weighted by atomic mass is 32.3. The molecular weight excluding hydrogens is 397 g/mol. The number of aromatic nitrogens is 2. The van der Waals surface area contributed by atoms with Gasteiger partial charge < -0.3 is 10.1 Å². The fraction of sp³-hybridized carbons (Fsp3) is 0.474. The molecule has 0 bridgehead atoms. The highest BCUT2D eigenvalue weighted by Gasteiger charge is 2.32. The number of thiol groups is 1. The summed E-state index contributed by atoms with van der Waals surface area (Å²) in [4.78, 5) is 12.9. The summed E-state index contributed by atoms with van der Waals surface area (Å²) >= 11 is 0. The van der Waals surface area contributed by atoms with Crippen LogP contribution in [0.1, 0.15) is 42.0 Å². The minimum atomic E-state index is -3.75. The monoisotopic (exact) mass is 421 g/mol. The largest absolute Gasteiger partial charge is 0.472 e. The molecule has 29 heavy (non-hydrogen) atoms. The molecule has 0 saturated carbocycles. The molecule has 1 atom stereocenters. The van der Waals surface area contributed by atoms with Crippen molar-refractivity contribution in [1.29, 1.82) is 0 Å². The molecule has 1 aliphatic heterocycles. The van der Waals surface area contributed by atoms with Crippen LogP contribution >= 0.6 is 0 Å². The zero-order chi connectivity index (χ0) is 20.3. The average Bonchev–Trinajstić information content (AvgIpc) is 3.40. The van der Waals surface area contributed by atoms with Crippen LogP contribution in [0.3, 0.4) is 0 Å². The number of rotatable bonds is 3. The van der Waals surface area contributed by atoms with Gasteiger partial charge in [-0.3, -0.25) is 9.86 Å². The van der Waals surface area contributed by atoms with Crippen LogP contribution in [0.25, 0.3) is 0 Å². The number of amides is 2. The van der Waals surface area contributed by atoms with E-state index in [2.05, 4.69) is 15.1 Å². The van der Waals surface area contributed by atoms with Crippen molar-refractivity contribution in [3.8, 4) is 5.88 Å². The van der Waals surface area contributed by atoms with E-state index in [1.165, 1.54) is 6.20 Å². The Bertz CT molecular complexity index is 1050. The van der Waals surface area contributed by atoms with Gasteiger partial charge in [0.1, 0.15) is 16.8 Å². The summed E-state index contributed by atoms with van der Waals surface area (Å²) in [5.41, 5.74) is 3.78. The van der Waals surface area contributed by atoms with Crippen LogP contribution in [-0.4, -0.2) is 26.1 Å². The first-order valence-corrected chi connectivity index (χ1v) is 11.7. The molecule has 5 rings (SSSR count). The maximum absolute atomic E-state index is 14.8. The molecule has 8 nitrogen and oxygen atoms in total. The average molecular weight is 421 g/mol. The zero-order valence-electron chi connectivity index (χ0n) is 16.1. The van der Waals surface area contributed by atoms with Crippen LogP contribution in [0.2, 0.25) is 0 Å². The number of nitrogens with one attached hydrogen (secondary N) is 2. The molecule has 2 aliphatic carbocycles. The predicted octanol–water partition coefficient (Wildman–Crippen LogP) is 1.77. The summed E-state index contributed by atoms with van der Waals surface area (Å²) < 4.78 is 37.5. The molecule has 0 spiro atoms. The third-order valence-electron chi connectivity index (χ3n) is 5.95. The first kappa shape index (κ1) is 18.6. The third kappa shape index (κ3) is 2.93. The molecule has 2 aromatic rings. The number of fused-ring (bicyclic) bond motifs is 3. The van der Waals surface area contributed by atoms with E-state index in [1.807, 2.05) is 6.92 Å². The Morgan fingerprint density at radius 2 is 1.86 bits per heavy atom. The maximum Gasteiger partial charge on any atom is 0.330 e. The van der Waals surface area contributed by atoms with Crippen molar-refractivity contribution in [3.05, 3.63) is 34.3 Å². The van der Waals surface area contributed by atoms with Gasteiger partial charge in [0.25, 0.3) is 0 Å². The van der Waals surface area contributed by atoms with Gasteiger partial charge in [-0.1, -0.05) is 0 Å². The maximum atomic E-state index is 14.8. The van der Waals surface area contributed by atoms with E-state index >= 15 is 0 Å². The van der Waals surface area contributed by atoms with E-state index in [0.29, 0.717) is 42.1 Å². The quantitative estimate of drug-likeness (QED) is 0.566. The number of hydrogen-bond donors (Lipinski definition) is 4. The van der Waals surface area contributed by atoms with E-state index < -0.39 is 16.3 Å². The SMILES string of the molecule is C[C@H]1Cn2ncc([SH](N)(=O)NC(=O)Nc3c4c(c(F)c5c3CCC5)CCC4)c2O1. The second-order valence-electron chi connectivity index (χ2n) is 7.98. The first-order chi connectivity index (χ1) is 13.8. The second-order valence-corrected chi connectivity index (χ2v) is 10.0. The van der Waals surface area contributed by atoms with Crippen molar-refractivity contribution in [2.24, 2.45) is 5.14 Å². The van der Waals surface area contributed by atoms with Crippen LogP contribution in [0.4, 0.5) is 14.9 Å². The van der Waals surface area contributed by atoms with Gasteiger partial charge >= 0.3 is 6.03 Å². The summed E-state index contributed by atoms with van der Waals surface area (Å²) in [7, 11) is -3.75. The molecule has 0 saturated heterocycles. The lowest BCUT2D eigenvalue weighted by Crippen LogP contribution is -2.45. The molecule has 4 N–H and O–H groups in total. The number of anilines is 1. The Morgan fingerprint density at radius 3 is 2.52 bits per heavy atom. The number of halogens is 1. The zero-order valence-corrected chi connectivity index (χ0v) is 17.0. The number of carbonyl (C=O) groups excluding carboxylic acids is 1. The van der Waals surface area contributed by atoms with Crippen LogP contribution in [-0.2, 0) is 42.5 Å². The van der Waals surface area contributed by atoms with Crippen molar-refractivity contribution in [1.82, 2.24) is 14.5 Å². The molecule has 1 aromatic carbocycles. The van der Waals surface area contributed by atoms with Crippen molar-refractivity contribution >= 4 is 22.0 Å². The topological polar surface area (TPSA) is 111 Å². The Morgan fingerprint density at radius 1 is 1.24 bits per heavy atom. The number of carbonyl (C=O) groups is 1. The lowest BCUT2D eigenvalue weighted by atomic mass is 9.98. The number of hydrogen-bond acceptors (Lipinski definition) is 4.